The largest absolute Gasteiger partial charge is 0.412 e. The van der Waals surface area contributed by atoms with Gasteiger partial charge in [-0.25, -0.2) is 0 Å². The first-order valence-corrected chi connectivity index (χ1v) is 3.92. The normalized spacial score (nSPS) is 11.8. The van der Waals surface area contributed by atoms with Crippen molar-refractivity contribution in [2.75, 3.05) is 0 Å². The highest BCUT2D eigenvalue weighted by molar-refractivity contribution is 4.67. The predicted molar refractivity (Wildman–Crippen MR) is 47.1 cm³/mol. The fourth-order valence-corrected chi connectivity index (χ4v) is 1.04. The minimum atomic E-state index is 0. The maximum absolute atomic E-state index is 3.69. The molecular weight excluding hydrogens is 124 g/mol. The molecule has 2 N–H and O–H groups in total. The molecule has 0 amide bonds. The minimum absolute atomic E-state index is 0. The number of rotatable bonds is 5. The third-order valence-corrected chi connectivity index (χ3v) is 1.65. The van der Waals surface area contributed by atoms with Crippen LogP contribution in [0.4, 0.5) is 0 Å². The Balaban J connectivity index is 0. The van der Waals surface area contributed by atoms with Gasteiger partial charge in [0.15, 0.2) is 0 Å². The van der Waals surface area contributed by atoms with E-state index in [1.165, 1.54) is 25.7 Å². The quantitative estimate of drug-likeness (QED) is 0.531. The molecule has 1 atom stereocenters. The molecule has 0 rings (SSSR count). The van der Waals surface area contributed by atoms with Crippen LogP contribution >= 0.6 is 0 Å². The molecule has 0 aromatic heterocycles. The third-order valence-electron chi connectivity index (χ3n) is 1.65. The van der Waals surface area contributed by atoms with E-state index in [0.29, 0.717) is 0 Å². The average Bonchev–Trinajstić information content (AvgIpc) is 1.85. The topological polar surface area (TPSA) is 31.5 Å². The lowest BCUT2D eigenvalue weighted by Crippen LogP contribution is -1.91. The summed E-state index contributed by atoms with van der Waals surface area (Å²) in [5.41, 5.74) is 0. The summed E-state index contributed by atoms with van der Waals surface area (Å²) in [5.74, 6) is 0.896. The summed E-state index contributed by atoms with van der Waals surface area (Å²) >= 11 is 0. The van der Waals surface area contributed by atoms with Crippen LogP contribution in [0, 0.1) is 5.92 Å². The molecular formula is C9H20O. The van der Waals surface area contributed by atoms with E-state index in [1.54, 1.807) is 0 Å². The molecule has 1 heteroatoms. The summed E-state index contributed by atoms with van der Waals surface area (Å²) < 4.78 is 0. The Morgan fingerprint density at radius 2 is 2.00 bits per heavy atom. The van der Waals surface area contributed by atoms with E-state index in [4.69, 9.17) is 0 Å². The van der Waals surface area contributed by atoms with Crippen molar-refractivity contribution < 1.29 is 5.48 Å². The van der Waals surface area contributed by atoms with Gasteiger partial charge in [0.05, 0.1) is 0 Å². The highest BCUT2D eigenvalue weighted by Gasteiger charge is 1.96. The van der Waals surface area contributed by atoms with Gasteiger partial charge in [-0.1, -0.05) is 32.8 Å². The van der Waals surface area contributed by atoms with Gasteiger partial charge < -0.3 is 5.48 Å². The van der Waals surface area contributed by atoms with Gasteiger partial charge in [0, 0.05) is 0 Å². The Morgan fingerprint density at radius 3 is 2.40 bits per heavy atom. The molecule has 0 fully saturated rings. The molecule has 1 unspecified atom stereocenters. The number of allylic oxidation sites excluding steroid dienone is 1. The molecule has 0 saturated carbocycles. The van der Waals surface area contributed by atoms with E-state index in [2.05, 4.69) is 20.4 Å². The predicted octanol–water partition coefficient (Wildman–Crippen LogP) is 2.56. The molecule has 0 saturated heterocycles. The molecule has 0 radical (unpaired) electrons. The second-order valence-corrected chi connectivity index (χ2v) is 2.76. The summed E-state index contributed by atoms with van der Waals surface area (Å²) in [5, 5.41) is 0. The highest BCUT2D eigenvalue weighted by atomic mass is 16.0. The Labute approximate surface area is 64.4 Å². The van der Waals surface area contributed by atoms with Crippen molar-refractivity contribution in [2.45, 2.75) is 39.5 Å². The third kappa shape index (κ3) is 7.70. The van der Waals surface area contributed by atoms with Gasteiger partial charge in [0.2, 0.25) is 0 Å². The lowest BCUT2D eigenvalue weighted by molar-refractivity contribution is 0.491. The van der Waals surface area contributed by atoms with Gasteiger partial charge in [-0.05, 0) is 18.8 Å². The Bertz CT molecular complexity index is 69.1. The molecule has 0 aliphatic carbocycles. The van der Waals surface area contributed by atoms with Crippen LogP contribution in [-0.2, 0) is 0 Å². The van der Waals surface area contributed by atoms with Crippen molar-refractivity contribution in [3.8, 4) is 0 Å². The van der Waals surface area contributed by atoms with Crippen LogP contribution in [0.5, 0.6) is 0 Å². The highest BCUT2D eigenvalue weighted by Crippen LogP contribution is 2.11. The van der Waals surface area contributed by atoms with Gasteiger partial charge in [-0.3, -0.25) is 0 Å². The van der Waals surface area contributed by atoms with Crippen LogP contribution in [-0.4, -0.2) is 5.48 Å². The first-order valence-electron chi connectivity index (χ1n) is 3.92. The fourth-order valence-electron chi connectivity index (χ4n) is 1.04. The van der Waals surface area contributed by atoms with Crippen molar-refractivity contribution >= 4 is 0 Å². The van der Waals surface area contributed by atoms with Crippen molar-refractivity contribution in [3.63, 3.8) is 0 Å². The molecule has 0 heterocycles. The zero-order chi connectivity index (χ0) is 7.11. The van der Waals surface area contributed by atoms with Crippen LogP contribution in [0.15, 0.2) is 12.7 Å². The molecule has 0 bridgehead atoms. The molecule has 0 aromatic carbocycles. The van der Waals surface area contributed by atoms with Crippen molar-refractivity contribution in [3.05, 3.63) is 12.7 Å². The summed E-state index contributed by atoms with van der Waals surface area (Å²) in [7, 11) is 0. The maximum Gasteiger partial charge on any atom is -0.0351 e. The molecule has 10 heavy (non-hydrogen) atoms. The number of hydrogen-bond donors (Lipinski definition) is 0. The fraction of sp³-hybridized carbons (Fsp3) is 0.778. The molecule has 0 spiro atoms. The van der Waals surface area contributed by atoms with Gasteiger partial charge in [-0.2, -0.15) is 0 Å². The summed E-state index contributed by atoms with van der Waals surface area (Å²) in [4.78, 5) is 0. The smallest absolute Gasteiger partial charge is 0.0351 e. The second-order valence-electron chi connectivity index (χ2n) is 2.76. The van der Waals surface area contributed by atoms with Crippen molar-refractivity contribution in [2.24, 2.45) is 5.92 Å². The maximum atomic E-state index is 3.69. The van der Waals surface area contributed by atoms with Crippen LogP contribution in [0.3, 0.4) is 0 Å². The zero-order valence-corrected chi connectivity index (χ0v) is 7.19. The molecule has 62 valence electrons. The SMILES string of the molecule is C=CCCC(C)CCC.O. The summed E-state index contributed by atoms with van der Waals surface area (Å²) in [6.45, 7) is 8.25. The van der Waals surface area contributed by atoms with E-state index in [1.807, 2.05) is 6.08 Å². The van der Waals surface area contributed by atoms with E-state index in [0.717, 1.165) is 5.92 Å². The van der Waals surface area contributed by atoms with E-state index in [9.17, 15) is 0 Å². The lowest BCUT2D eigenvalue weighted by atomic mass is 10.0. The van der Waals surface area contributed by atoms with Crippen LogP contribution in [0.2, 0.25) is 0 Å². The number of hydrogen-bond acceptors (Lipinski definition) is 0. The van der Waals surface area contributed by atoms with Gasteiger partial charge in [-0.15, -0.1) is 6.58 Å². The average molecular weight is 144 g/mol. The molecule has 0 aliphatic rings. The van der Waals surface area contributed by atoms with Crippen molar-refractivity contribution in [1.29, 1.82) is 0 Å². The first-order chi connectivity index (χ1) is 4.31. The Hall–Kier alpha value is -0.300. The van der Waals surface area contributed by atoms with E-state index in [-0.39, 0.29) is 5.48 Å². The molecule has 1 nitrogen and oxygen atoms in total. The van der Waals surface area contributed by atoms with Crippen LogP contribution < -0.4 is 0 Å². The zero-order valence-electron chi connectivity index (χ0n) is 7.19. The second kappa shape index (κ2) is 8.70. The Kier molecular flexibility index (Phi) is 10.8. The minimum Gasteiger partial charge on any atom is -0.412 e. The van der Waals surface area contributed by atoms with Crippen LogP contribution in [0.1, 0.15) is 39.5 Å². The Morgan fingerprint density at radius 1 is 1.40 bits per heavy atom. The van der Waals surface area contributed by atoms with Crippen LogP contribution in [0.25, 0.3) is 0 Å². The standard InChI is InChI=1S/C9H18.H2O/c1-4-6-8-9(3)7-5-2;/h4,9H,1,5-8H2,2-3H3;1H2. The van der Waals surface area contributed by atoms with Gasteiger partial charge in [0.25, 0.3) is 0 Å². The molecule has 0 aromatic rings. The van der Waals surface area contributed by atoms with Gasteiger partial charge in [0.1, 0.15) is 0 Å². The van der Waals surface area contributed by atoms with E-state index >= 15 is 0 Å². The van der Waals surface area contributed by atoms with E-state index < -0.39 is 0 Å². The van der Waals surface area contributed by atoms with Gasteiger partial charge >= 0.3 is 0 Å². The first kappa shape index (κ1) is 12.4. The lowest BCUT2D eigenvalue weighted by Gasteiger charge is -2.05. The molecule has 0 aliphatic heterocycles. The summed E-state index contributed by atoms with van der Waals surface area (Å²) in [6, 6.07) is 0. The summed E-state index contributed by atoms with van der Waals surface area (Å²) in [6.07, 6.45) is 7.19. The monoisotopic (exact) mass is 144 g/mol. The van der Waals surface area contributed by atoms with Crippen molar-refractivity contribution in [1.82, 2.24) is 0 Å².